The van der Waals surface area contributed by atoms with Crippen molar-refractivity contribution in [2.45, 2.75) is 6.54 Å². The lowest BCUT2D eigenvalue weighted by molar-refractivity contribution is -0.116. The predicted octanol–water partition coefficient (Wildman–Crippen LogP) is 4.64. The van der Waals surface area contributed by atoms with Crippen molar-refractivity contribution >= 4 is 28.7 Å². The third-order valence-corrected chi connectivity index (χ3v) is 5.61. The number of fused-ring (bicyclic) bond motifs is 1. The number of nitrogens with zero attached hydrogens (tertiary/aromatic N) is 2. The van der Waals surface area contributed by atoms with E-state index in [4.69, 9.17) is 9.47 Å². The first-order chi connectivity index (χ1) is 16.5. The molecule has 0 spiro atoms. The van der Waals surface area contributed by atoms with Crippen molar-refractivity contribution in [2.75, 3.05) is 33.2 Å². The molecule has 7 heteroatoms. The van der Waals surface area contributed by atoms with E-state index >= 15 is 0 Å². The molecule has 2 aromatic carbocycles. The highest BCUT2D eigenvalue weighted by molar-refractivity contribution is 6.02. The second kappa shape index (κ2) is 10.1. The Hall–Kier alpha value is -4.26. The first kappa shape index (κ1) is 22.9. The van der Waals surface area contributed by atoms with E-state index in [1.807, 2.05) is 56.7 Å². The fourth-order valence-corrected chi connectivity index (χ4v) is 3.81. The second-order valence-corrected chi connectivity index (χ2v) is 8.01. The number of pyridine rings is 1. The number of hydrogen-bond acceptors (Lipinski definition) is 5. The lowest BCUT2D eigenvalue weighted by Crippen LogP contribution is -2.20. The zero-order chi connectivity index (χ0) is 24.1. The van der Waals surface area contributed by atoms with Crippen molar-refractivity contribution in [3.63, 3.8) is 0 Å². The van der Waals surface area contributed by atoms with Crippen LogP contribution < -0.4 is 19.7 Å². The number of aromatic nitrogens is 2. The second-order valence-electron chi connectivity index (χ2n) is 8.01. The molecule has 4 rings (SSSR count). The maximum atomic E-state index is 12.5. The number of H-pyrrole nitrogens is 1. The van der Waals surface area contributed by atoms with Gasteiger partial charge in [-0.05, 0) is 53.1 Å². The molecule has 0 radical (unpaired) electrons. The van der Waals surface area contributed by atoms with Crippen LogP contribution in [0.1, 0.15) is 11.1 Å². The molecular formula is C27H28N4O3. The standard InChI is InChI=1S/C27H28N4O3/c1-31(2)21-7-5-6-19(15-21)22-12-13-28-27-26(22)20(17-30-27)9-11-25(32)29-16-18-8-10-23(33-3)24(14-18)34-4/h5-15,17H,16H2,1-4H3,(H,28,30)(H,29,32)/b11-9+. The average Bonchev–Trinajstić information content (AvgIpc) is 3.29. The molecule has 0 saturated heterocycles. The Balaban J connectivity index is 1.54. The van der Waals surface area contributed by atoms with Crippen LogP contribution in [0.4, 0.5) is 5.69 Å². The van der Waals surface area contributed by atoms with Crippen LogP contribution in [0.25, 0.3) is 28.2 Å². The largest absolute Gasteiger partial charge is 0.493 e. The first-order valence-corrected chi connectivity index (χ1v) is 10.9. The molecule has 0 aliphatic rings. The maximum absolute atomic E-state index is 12.5. The van der Waals surface area contributed by atoms with Gasteiger partial charge in [-0.15, -0.1) is 0 Å². The highest BCUT2D eigenvalue weighted by Crippen LogP contribution is 2.32. The SMILES string of the molecule is COc1ccc(CNC(=O)/C=C/c2c[nH]c3nccc(-c4cccc(N(C)C)c4)c23)cc1OC. The summed E-state index contributed by atoms with van der Waals surface area (Å²) < 4.78 is 10.6. The summed E-state index contributed by atoms with van der Waals surface area (Å²) in [7, 11) is 7.22. The van der Waals surface area contributed by atoms with Crippen molar-refractivity contribution in [3.05, 3.63) is 78.1 Å². The van der Waals surface area contributed by atoms with Crippen molar-refractivity contribution in [2.24, 2.45) is 0 Å². The highest BCUT2D eigenvalue weighted by atomic mass is 16.5. The van der Waals surface area contributed by atoms with Crippen LogP contribution in [0.5, 0.6) is 11.5 Å². The minimum atomic E-state index is -0.191. The Morgan fingerprint density at radius 3 is 2.68 bits per heavy atom. The van der Waals surface area contributed by atoms with Gasteiger partial charge in [-0.1, -0.05) is 18.2 Å². The Kier molecular flexibility index (Phi) is 6.82. The topological polar surface area (TPSA) is 79.5 Å². The van der Waals surface area contributed by atoms with Crippen LogP contribution in [0.3, 0.4) is 0 Å². The Bertz CT molecular complexity index is 1340. The minimum absolute atomic E-state index is 0.191. The smallest absolute Gasteiger partial charge is 0.244 e. The van der Waals surface area contributed by atoms with Gasteiger partial charge in [-0.25, -0.2) is 4.98 Å². The van der Waals surface area contributed by atoms with Gasteiger partial charge in [-0.2, -0.15) is 0 Å². The molecule has 4 aromatic rings. The molecule has 2 heterocycles. The zero-order valence-corrected chi connectivity index (χ0v) is 19.8. The Labute approximate surface area is 199 Å². The molecule has 1 amide bonds. The molecule has 0 fully saturated rings. The number of amides is 1. The van der Waals surface area contributed by atoms with Crippen molar-refractivity contribution in [1.82, 2.24) is 15.3 Å². The summed E-state index contributed by atoms with van der Waals surface area (Å²) in [6, 6.07) is 15.9. The van der Waals surface area contributed by atoms with Crippen molar-refractivity contribution in [3.8, 4) is 22.6 Å². The summed E-state index contributed by atoms with van der Waals surface area (Å²) in [6.45, 7) is 0.377. The van der Waals surface area contributed by atoms with Gasteiger partial charge in [0.25, 0.3) is 0 Å². The molecule has 7 nitrogen and oxygen atoms in total. The zero-order valence-electron chi connectivity index (χ0n) is 19.8. The maximum Gasteiger partial charge on any atom is 0.244 e. The summed E-state index contributed by atoms with van der Waals surface area (Å²) in [5.41, 5.74) is 5.85. The highest BCUT2D eigenvalue weighted by Gasteiger charge is 2.11. The van der Waals surface area contributed by atoms with Gasteiger partial charge in [0.2, 0.25) is 5.91 Å². The van der Waals surface area contributed by atoms with E-state index in [0.29, 0.717) is 18.0 Å². The summed E-state index contributed by atoms with van der Waals surface area (Å²) in [6.07, 6.45) is 7.01. The van der Waals surface area contributed by atoms with E-state index < -0.39 is 0 Å². The van der Waals surface area contributed by atoms with Crippen LogP contribution in [-0.4, -0.2) is 44.2 Å². The first-order valence-electron chi connectivity index (χ1n) is 10.9. The van der Waals surface area contributed by atoms with E-state index in [2.05, 4.69) is 38.4 Å². The average molecular weight is 457 g/mol. The van der Waals surface area contributed by atoms with Crippen LogP contribution in [0.2, 0.25) is 0 Å². The number of carbonyl (C=O) groups excluding carboxylic acids is 1. The lowest BCUT2D eigenvalue weighted by atomic mass is 10.0. The van der Waals surface area contributed by atoms with Gasteiger partial charge in [0.1, 0.15) is 5.65 Å². The van der Waals surface area contributed by atoms with Gasteiger partial charge < -0.3 is 24.7 Å². The summed E-state index contributed by atoms with van der Waals surface area (Å²) >= 11 is 0. The van der Waals surface area contributed by atoms with Gasteiger partial charge in [0.05, 0.1) is 14.2 Å². The van der Waals surface area contributed by atoms with Crippen LogP contribution in [0.15, 0.2) is 67.0 Å². The predicted molar refractivity (Wildman–Crippen MR) is 136 cm³/mol. The number of benzene rings is 2. The number of carbonyl (C=O) groups is 1. The lowest BCUT2D eigenvalue weighted by Gasteiger charge is -2.14. The summed E-state index contributed by atoms with van der Waals surface area (Å²) in [5, 5.41) is 3.89. The molecule has 0 aliphatic carbocycles. The number of hydrogen-bond donors (Lipinski definition) is 2. The van der Waals surface area contributed by atoms with Crippen molar-refractivity contribution < 1.29 is 14.3 Å². The number of ether oxygens (including phenoxy) is 2. The van der Waals surface area contributed by atoms with Gasteiger partial charge in [0.15, 0.2) is 11.5 Å². The number of methoxy groups -OCH3 is 2. The number of nitrogens with one attached hydrogen (secondary N) is 2. The van der Waals surface area contributed by atoms with Gasteiger partial charge in [0, 0.05) is 55.7 Å². The molecule has 0 saturated carbocycles. The molecular weight excluding hydrogens is 428 g/mol. The number of aromatic amines is 1. The Morgan fingerprint density at radius 2 is 1.91 bits per heavy atom. The van der Waals surface area contributed by atoms with E-state index in [0.717, 1.165) is 39.0 Å². The summed E-state index contributed by atoms with van der Waals surface area (Å²) in [5.74, 6) is 1.09. The molecule has 0 atom stereocenters. The van der Waals surface area contributed by atoms with Crippen LogP contribution >= 0.6 is 0 Å². The van der Waals surface area contributed by atoms with E-state index in [9.17, 15) is 4.79 Å². The van der Waals surface area contributed by atoms with E-state index in [-0.39, 0.29) is 5.91 Å². The Morgan fingerprint density at radius 1 is 1.09 bits per heavy atom. The molecule has 2 N–H and O–H groups in total. The molecule has 0 unspecified atom stereocenters. The molecule has 34 heavy (non-hydrogen) atoms. The van der Waals surface area contributed by atoms with Crippen molar-refractivity contribution in [1.29, 1.82) is 0 Å². The van der Waals surface area contributed by atoms with Crippen LogP contribution in [-0.2, 0) is 11.3 Å². The van der Waals surface area contributed by atoms with E-state index in [1.54, 1.807) is 20.4 Å². The molecule has 2 aromatic heterocycles. The van der Waals surface area contributed by atoms with Crippen LogP contribution in [0, 0.1) is 0 Å². The fourth-order valence-electron chi connectivity index (χ4n) is 3.81. The summed E-state index contributed by atoms with van der Waals surface area (Å²) in [4.78, 5) is 22.3. The quantitative estimate of drug-likeness (QED) is 0.378. The van der Waals surface area contributed by atoms with Gasteiger partial charge in [-0.3, -0.25) is 4.79 Å². The fraction of sp³-hybridized carbons (Fsp3) is 0.185. The molecule has 0 aliphatic heterocycles. The number of rotatable bonds is 8. The third-order valence-electron chi connectivity index (χ3n) is 5.61. The third kappa shape index (κ3) is 4.88. The molecule has 174 valence electrons. The normalized spacial score (nSPS) is 11.1. The monoisotopic (exact) mass is 456 g/mol. The van der Waals surface area contributed by atoms with Gasteiger partial charge >= 0.3 is 0 Å². The van der Waals surface area contributed by atoms with E-state index in [1.165, 1.54) is 6.08 Å². The molecule has 0 bridgehead atoms. The minimum Gasteiger partial charge on any atom is -0.493 e. The number of anilines is 1.